The summed E-state index contributed by atoms with van der Waals surface area (Å²) < 4.78 is 0. The molecular formula is C14H18N2O2S2. The normalized spacial score (nSPS) is 23.3. The fraction of sp³-hybridized carbons (Fsp3) is 0.429. The van der Waals surface area contributed by atoms with Gasteiger partial charge < -0.3 is 9.80 Å². The molecule has 4 nitrogen and oxygen atoms in total. The van der Waals surface area contributed by atoms with Gasteiger partial charge in [0.15, 0.2) is 11.6 Å². The summed E-state index contributed by atoms with van der Waals surface area (Å²) in [6.45, 7) is 7.07. The third-order valence-electron chi connectivity index (χ3n) is 3.49. The van der Waals surface area contributed by atoms with Gasteiger partial charge in [-0.2, -0.15) is 0 Å². The highest BCUT2D eigenvalue weighted by Crippen LogP contribution is 2.50. The van der Waals surface area contributed by atoms with Gasteiger partial charge in [0.1, 0.15) is 10.1 Å². The van der Waals surface area contributed by atoms with Crippen LogP contribution in [0.1, 0.15) is 27.7 Å². The molecule has 0 unspecified atom stereocenters. The Balaban J connectivity index is 2.40. The van der Waals surface area contributed by atoms with Gasteiger partial charge >= 0.3 is 0 Å². The number of thioether (sulfide) groups is 2. The van der Waals surface area contributed by atoms with Gasteiger partial charge in [-0.15, -0.1) is 0 Å². The molecule has 6 heteroatoms. The zero-order valence-corrected chi connectivity index (χ0v) is 14.2. The minimum Gasteiger partial charge on any atom is -0.340 e. The van der Waals surface area contributed by atoms with E-state index in [4.69, 9.17) is 0 Å². The summed E-state index contributed by atoms with van der Waals surface area (Å²) in [5.74, 6) is 0.161. The molecule has 108 valence electrons. The molecule has 0 saturated heterocycles. The van der Waals surface area contributed by atoms with Crippen LogP contribution in [0.25, 0.3) is 0 Å². The lowest BCUT2D eigenvalue weighted by Gasteiger charge is -2.21. The summed E-state index contributed by atoms with van der Waals surface area (Å²) in [4.78, 5) is 28.9. The van der Waals surface area contributed by atoms with E-state index in [0.717, 1.165) is 31.3 Å². The van der Waals surface area contributed by atoms with Crippen LogP contribution >= 0.6 is 23.5 Å². The molecule has 0 aromatic carbocycles. The highest BCUT2D eigenvalue weighted by molar-refractivity contribution is 8.11. The molecule has 0 radical (unpaired) electrons. The Bertz CT molecular complexity index is 550. The van der Waals surface area contributed by atoms with Crippen molar-refractivity contribution in [2.24, 2.45) is 0 Å². The monoisotopic (exact) mass is 310 g/mol. The van der Waals surface area contributed by atoms with Gasteiger partial charge in [0.25, 0.3) is 0 Å². The van der Waals surface area contributed by atoms with Crippen molar-refractivity contribution >= 4 is 35.1 Å². The van der Waals surface area contributed by atoms with E-state index in [0.29, 0.717) is 0 Å². The van der Waals surface area contributed by atoms with Gasteiger partial charge in [0.2, 0.25) is 0 Å². The first-order valence-electron chi connectivity index (χ1n) is 6.26. The summed E-state index contributed by atoms with van der Waals surface area (Å²) in [6, 6.07) is 0. The molecule has 2 rings (SSSR count). The van der Waals surface area contributed by atoms with Crippen molar-refractivity contribution in [1.29, 1.82) is 0 Å². The molecule has 0 aliphatic carbocycles. The van der Waals surface area contributed by atoms with Gasteiger partial charge in [-0.05, 0) is 27.7 Å². The molecule has 0 spiro atoms. The van der Waals surface area contributed by atoms with Crippen LogP contribution in [0.3, 0.4) is 0 Å². The van der Waals surface area contributed by atoms with Gasteiger partial charge in [-0.25, -0.2) is 0 Å². The number of allylic oxidation sites excluding steroid dienone is 4. The summed E-state index contributed by atoms with van der Waals surface area (Å²) in [5, 5.41) is 2.02. The fourth-order valence-corrected chi connectivity index (χ4v) is 4.60. The second-order valence-corrected chi connectivity index (χ2v) is 6.87. The quantitative estimate of drug-likeness (QED) is 0.780. The molecule has 2 heterocycles. The number of rotatable bonds is 2. The number of Topliss-reactive ketones (excluding diaryl/α,β-unsaturated/α-hetero) is 2. The second-order valence-electron chi connectivity index (χ2n) is 4.87. The van der Waals surface area contributed by atoms with Crippen molar-refractivity contribution in [2.45, 2.75) is 27.7 Å². The van der Waals surface area contributed by atoms with Crippen LogP contribution in [-0.2, 0) is 9.59 Å². The van der Waals surface area contributed by atoms with E-state index in [-0.39, 0.29) is 11.6 Å². The average Bonchev–Trinajstić information content (AvgIpc) is 2.81. The smallest absolute Gasteiger partial charge is 0.168 e. The average molecular weight is 310 g/mol. The Morgan fingerprint density at radius 1 is 0.800 bits per heavy atom. The van der Waals surface area contributed by atoms with E-state index in [1.807, 2.05) is 37.7 Å². The lowest BCUT2D eigenvalue weighted by Crippen LogP contribution is -2.16. The van der Waals surface area contributed by atoms with E-state index >= 15 is 0 Å². The Hall–Kier alpha value is -1.14. The van der Waals surface area contributed by atoms with E-state index in [2.05, 4.69) is 0 Å². The lowest BCUT2D eigenvalue weighted by atomic mass is 10.3. The molecule has 2 aliphatic rings. The summed E-state index contributed by atoms with van der Waals surface area (Å²) in [6.07, 6.45) is 0. The third-order valence-corrected chi connectivity index (χ3v) is 6.52. The summed E-state index contributed by atoms with van der Waals surface area (Å²) in [7, 11) is 3.91. The Labute approximate surface area is 127 Å². The highest BCUT2D eigenvalue weighted by Gasteiger charge is 2.34. The number of hydrogen-bond donors (Lipinski definition) is 0. The molecule has 0 aromatic heterocycles. The van der Waals surface area contributed by atoms with Crippen LogP contribution in [0.15, 0.2) is 31.3 Å². The Morgan fingerprint density at radius 2 is 1.10 bits per heavy atom. The first kappa shape index (κ1) is 15.3. The van der Waals surface area contributed by atoms with Gasteiger partial charge in [-0.3, -0.25) is 9.59 Å². The van der Waals surface area contributed by atoms with E-state index in [9.17, 15) is 9.59 Å². The van der Waals surface area contributed by atoms with Crippen LogP contribution in [-0.4, -0.2) is 35.5 Å². The zero-order valence-electron chi connectivity index (χ0n) is 12.5. The Kier molecular flexibility index (Phi) is 4.07. The molecule has 0 fully saturated rings. The Morgan fingerprint density at radius 3 is 1.30 bits per heavy atom. The molecule has 0 atom stereocenters. The fourth-order valence-electron chi connectivity index (χ4n) is 2.11. The largest absolute Gasteiger partial charge is 0.340 e. The molecule has 0 bridgehead atoms. The van der Waals surface area contributed by atoms with Gasteiger partial charge in [0, 0.05) is 25.5 Å². The number of hydrogen-bond acceptors (Lipinski definition) is 6. The van der Waals surface area contributed by atoms with Crippen molar-refractivity contribution in [3.8, 4) is 0 Å². The van der Waals surface area contributed by atoms with Crippen molar-refractivity contribution in [1.82, 2.24) is 9.80 Å². The van der Waals surface area contributed by atoms with Crippen LogP contribution in [0, 0.1) is 0 Å². The van der Waals surface area contributed by atoms with E-state index < -0.39 is 0 Å². The van der Waals surface area contributed by atoms with Crippen LogP contribution in [0.2, 0.25) is 0 Å². The lowest BCUT2D eigenvalue weighted by molar-refractivity contribution is -0.113. The minimum atomic E-state index is 0.0806. The maximum absolute atomic E-state index is 11.7. The minimum absolute atomic E-state index is 0.0806. The van der Waals surface area contributed by atoms with Crippen molar-refractivity contribution in [2.75, 3.05) is 14.1 Å². The highest BCUT2D eigenvalue weighted by atomic mass is 32.2. The van der Waals surface area contributed by atoms with Crippen molar-refractivity contribution in [3.63, 3.8) is 0 Å². The van der Waals surface area contributed by atoms with Crippen LogP contribution in [0.5, 0.6) is 0 Å². The number of carbonyl (C=O) groups excluding carboxylic acids is 2. The maximum Gasteiger partial charge on any atom is 0.168 e. The van der Waals surface area contributed by atoms with Gasteiger partial charge in [0.05, 0.1) is 9.81 Å². The van der Waals surface area contributed by atoms with E-state index in [1.54, 1.807) is 13.8 Å². The third kappa shape index (κ3) is 2.31. The SMILES string of the molecule is CC(=O)C1=C(C)N(C)/C(=C2/SC(C(C)=O)=C(C)N2C)S1. The maximum atomic E-state index is 11.7. The predicted molar refractivity (Wildman–Crippen MR) is 84.5 cm³/mol. The molecule has 2 aliphatic heterocycles. The molecule has 0 saturated carbocycles. The summed E-state index contributed by atoms with van der Waals surface area (Å²) >= 11 is 2.97. The standard InChI is InChI=1S/C14H18N2O2S2/c1-7-11(9(3)17)19-13(15(7)5)14-16(6)8(2)12(20-14)10(4)18/h1-6H3/b14-13-. The predicted octanol–water partition coefficient (Wildman–Crippen LogP) is 3.11. The molecule has 0 N–H and O–H groups in total. The van der Waals surface area contributed by atoms with Crippen LogP contribution in [0.4, 0.5) is 0 Å². The topological polar surface area (TPSA) is 40.6 Å². The molecule has 0 aromatic rings. The summed E-state index contributed by atoms with van der Waals surface area (Å²) in [5.41, 5.74) is 1.93. The molecular weight excluding hydrogens is 292 g/mol. The number of ketones is 2. The van der Waals surface area contributed by atoms with Crippen molar-refractivity contribution in [3.05, 3.63) is 31.3 Å². The zero-order chi connectivity index (χ0) is 15.2. The van der Waals surface area contributed by atoms with E-state index in [1.165, 1.54) is 23.5 Å². The van der Waals surface area contributed by atoms with Gasteiger partial charge in [-0.1, -0.05) is 23.5 Å². The first-order valence-corrected chi connectivity index (χ1v) is 7.90. The second kappa shape index (κ2) is 5.33. The molecule has 20 heavy (non-hydrogen) atoms. The first-order chi connectivity index (χ1) is 9.25. The number of carbonyl (C=O) groups is 2. The molecule has 0 amide bonds. The van der Waals surface area contributed by atoms with Crippen LogP contribution < -0.4 is 0 Å². The van der Waals surface area contributed by atoms with Crippen molar-refractivity contribution < 1.29 is 9.59 Å². The number of nitrogens with zero attached hydrogens (tertiary/aromatic N) is 2.